The molecule has 0 aliphatic heterocycles. The van der Waals surface area contributed by atoms with Gasteiger partial charge in [0.05, 0.1) is 18.5 Å². The quantitative estimate of drug-likeness (QED) is 0.136. The molecule has 1 amide bonds. The molecule has 0 unspecified atom stereocenters. The minimum Gasteiger partial charge on any atom is -0.493 e. The van der Waals surface area contributed by atoms with Crippen LogP contribution < -0.4 is 15.5 Å². The van der Waals surface area contributed by atoms with E-state index in [4.69, 9.17) is 16.3 Å². The van der Waals surface area contributed by atoms with Crippen LogP contribution in [0.15, 0.2) is 83.3 Å². The highest BCUT2D eigenvalue weighted by Gasteiger charge is 2.09. The zero-order valence-corrected chi connectivity index (χ0v) is 20.8. The normalized spacial score (nSPS) is 10.9. The van der Waals surface area contributed by atoms with E-state index in [1.165, 1.54) is 17.6 Å². The fraction of sp³-hybridized carbons (Fsp3) is 0.148. The number of anilines is 2. The first-order valence-electron chi connectivity index (χ1n) is 11.3. The lowest BCUT2D eigenvalue weighted by Crippen LogP contribution is -2.17. The highest BCUT2D eigenvalue weighted by Crippen LogP contribution is 2.27. The lowest BCUT2D eigenvalue weighted by Gasteiger charge is -2.09. The maximum absolute atomic E-state index is 12.5. The summed E-state index contributed by atoms with van der Waals surface area (Å²) in [4.78, 5) is 17.2. The van der Waals surface area contributed by atoms with Gasteiger partial charge in [-0.15, -0.1) is 11.3 Å². The Morgan fingerprint density at radius 1 is 1.11 bits per heavy atom. The number of rotatable bonds is 10. The summed E-state index contributed by atoms with van der Waals surface area (Å²) < 4.78 is 5.79. The van der Waals surface area contributed by atoms with Gasteiger partial charge in [0.1, 0.15) is 5.75 Å². The number of para-hydroxylation sites is 1. The van der Waals surface area contributed by atoms with E-state index in [1.54, 1.807) is 30.3 Å². The molecule has 1 heterocycles. The predicted octanol–water partition coefficient (Wildman–Crippen LogP) is 7.15. The number of hydrogen-bond acceptors (Lipinski definition) is 6. The Morgan fingerprint density at radius 3 is 2.69 bits per heavy atom. The summed E-state index contributed by atoms with van der Waals surface area (Å²) in [6, 6.07) is 22.5. The van der Waals surface area contributed by atoms with E-state index in [0.29, 0.717) is 28.5 Å². The van der Waals surface area contributed by atoms with E-state index in [2.05, 4.69) is 27.8 Å². The zero-order chi connectivity index (χ0) is 24.5. The molecule has 4 rings (SSSR count). The number of ether oxygens (including phenoxy) is 1. The lowest BCUT2D eigenvalue weighted by molar-refractivity contribution is 0.0955. The molecule has 0 radical (unpaired) electrons. The Balaban J connectivity index is 1.37. The van der Waals surface area contributed by atoms with Crippen LogP contribution in [0.1, 0.15) is 35.7 Å². The molecular formula is C27H25ClN4O2S. The van der Waals surface area contributed by atoms with Crippen molar-refractivity contribution in [3.63, 3.8) is 0 Å². The van der Waals surface area contributed by atoms with Crippen molar-refractivity contribution in [1.29, 1.82) is 0 Å². The van der Waals surface area contributed by atoms with Gasteiger partial charge in [-0.25, -0.2) is 10.4 Å². The van der Waals surface area contributed by atoms with Crippen LogP contribution in [-0.4, -0.2) is 23.7 Å². The van der Waals surface area contributed by atoms with E-state index in [0.717, 1.165) is 34.9 Å². The second-order valence-electron chi connectivity index (χ2n) is 7.69. The number of nitrogens with zero attached hydrogens (tertiary/aromatic N) is 2. The van der Waals surface area contributed by atoms with Crippen molar-refractivity contribution in [3.8, 4) is 17.0 Å². The molecule has 0 fully saturated rings. The fourth-order valence-electron chi connectivity index (χ4n) is 3.20. The van der Waals surface area contributed by atoms with Gasteiger partial charge in [0.2, 0.25) is 0 Å². The first-order valence-corrected chi connectivity index (χ1v) is 12.5. The zero-order valence-electron chi connectivity index (χ0n) is 19.2. The van der Waals surface area contributed by atoms with Gasteiger partial charge in [0, 0.05) is 32.8 Å². The molecule has 35 heavy (non-hydrogen) atoms. The summed E-state index contributed by atoms with van der Waals surface area (Å²) in [5, 5.41) is 10.7. The summed E-state index contributed by atoms with van der Waals surface area (Å²) in [5.74, 6) is 0.363. The maximum atomic E-state index is 12.5. The number of halogens is 1. The number of nitrogens with one attached hydrogen (secondary N) is 2. The largest absolute Gasteiger partial charge is 0.493 e. The SMILES string of the molecule is CCCCOc1ccc(Cl)cc1/C=N/NC(=O)c1ccc(-c2csc(Nc3ccccc3)n2)cc1. The first kappa shape index (κ1) is 24.4. The third-order valence-corrected chi connectivity index (χ3v) is 6.06. The second-order valence-corrected chi connectivity index (χ2v) is 8.98. The molecule has 0 saturated heterocycles. The van der Waals surface area contributed by atoms with Crippen LogP contribution in [0.2, 0.25) is 5.02 Å². The third-order valence-electron chi connectivity index (χ3n) is 5.07. The molecule has 0 aliphatic carbocycles. The van der Waals surface area contributed by atoms with E-state index in [1.807, 2.05) is 47.8 Å². The Hall–Kier alpha value is -3.68. The van der Waals surface area contributed by atoms with Crippen molar-refractivity contribution in [2.45, 2.75) is 19.8 Å². The van der Waals surface area contributed by atoms with E-state index < -0.39 is 0 Å². The van der Waals surface area contributed by atoms with Crippen molar-refractivity contribution in [2.24, 2.45) is 5.10 Å². The Bertz CT molecular complexity index is 1290. The van der Waals surface area contributed by atoms with Gasteiger partial charge >= 0.3 is 0 Å². The molecule has 1 aromatic heterocycles. The molecule has 178 valence electrons. The van der Waals surface area contributed by atoms with Gasteiger partial charge in [-0.3, -0.25) is 4.79 Å². The summed E-state index contributed by atoms with van der Waals surface area (Å²) >= 11 is 7.64. The van der Waals surface area contributed by atoms with Crippen molar-refractivity contribution >= 4 is 45.9 Å². The van der Waals surface area contributed by atoms with Crippen LogP contribution in [0.3, 0.4) is 0 Å². The first-order chi connectivity index (χ1) is 17.1. The molecule has 0 aliphatic rings. The monoisotopic (exact) mass is 504 g/mol. The average Bonchev–Trinajstić information content (AvgIpc) is 3.34. The second kappa shape index (κ2) is 12.1. The number of hydrazone groups is 1. The molecule has 2 N–H and O–H groups in total. The van der Waals surface area contributed by atoms with Crippen molar-refractivity contribution in [1.82, 2.24) is 10.4 Å². The Morgan fingerprint density at radius 2 is 1.91 bits per heavy atom. The average molecular weight is 505 g/mol. The number of amides is 1. The van der Waals surface area contributed by atoms with Crippen LogP contribution >= 0.6 is 22.9 Å². The number of hydrogen-bond donors (Lipinski definition) is 2. The maximum Gasteiger partial charge on any atom is 0.271 e. The van der Waals surface area contributed by atoms with E-state index in [-0.39, 0.29) is 5.91 Å². The molecule has 8 heteroatoms. The predicted molar refractivity (Wildman–Crippen MR) is 144 cm³/mol. The molecule has 0 atom stereocenters. The number of carbonyl (C=O) groups is 1. The Kier molecular flexibility index (Phi) is 8.48. The summed E-state index contributed by atoms with van der Waals surface area (Å²) in [6.07, 6.45) is 3.54. The molecule has 4 aromatic rings. The van der Waals surface area contributed by atoms with Crippen LogP contribution in [0, 0.1) is 0 Å². The van der Waals surface area contributed by atoms with Gasteiger partial charge in [-0.1, -0.05) is 55.3 Å². The smallest absolute Gasteiger partial charge is 0.271 e. The molecule has 0 bridgehead atoms. The standard InChI is InChI=1S/C27H25ClN4O2S/c1-2-3-15-34-25-14-13-22(28)16-21(25)17-29-32-26(33)20-11-9-19(10-12-20)24-18-35-27(31-24)30-23-7-5-4-6-8-23/h4-14,16-18H,2-3,15H2,1H3,(H,30,31)(H,32,33)/b29-17+. The fourth-order valence-corrected chi connectivity index (χ4v) is 4.12. The van der Waals surface area contributed by atoms with Crippen LogP contribution in [-0.2, 0) is 0 Å². The van der Waals surface area contributed by atoms with Gasteiger partial charge < -0.3 is 10.1 Å². The van der Waals surface area contributed by atoms with Crippen molar-refractivity contribution in [3.05, 3.63) is 94.3 Å². The minimum atomic E-state index is -0.312. The van der Waals surface area contributed by atoms with Crippen LogP contribution in [0.25, 0.3) is 11.3 Å². The summed E-state index contributed by atoms with van der Waals surface area (Å²) in [5.41, 5.74) is 6.51. The number of thiazole rings is 1. The van der Waals surface area contributed by atoms with Crippen LogP contribution in [0.4, 0.5) is 10.8 Å². The highest BCUT2D eigenvalue weighted by atomic mass is 35.5. The van der Waals surface area contributed by atoms with Crippen molar-refractivity contribution < 1.29 is 9.53 Å². The number of unbranched alkanes of at least 4 members (excludes halogenated alkanes) is 1. The highest BCUT2D eigenvalue weighted by molar-refractivity contribution is 7.14. The Labute approximate surface area is 213 Å². The minimum absolute atomic E-state index is 0.312. The molecular weight excluding hydrogens is 480 g/mol. The van der Waals surface area contributed by atoms with E-state index >= 15 is 0 Å². The van der Waals surface area contributed by atoms with Gasteiger partial charge in [-0.2, -0.15) is 5.10 Å². The third kappa shape index (κ3) is 6.91. The molecule has 0 spiro atoms. The lowest BCUT2D eigenvalue weighted by atomic mass is 10.1. The van der Waals surface area contributed by atoms with Crippen LogP contribution in [0.5, 0.6) is 5.75 Å². The van der Waals surface area contributed by atoms with Gasteiger partial charge in [-0.05, 0) is 48.9 Å². The molecule has 3 aromatic carbocycles. The van der Waals surface area contributed by atoms with E-state index in [9.17, 15) is 4.79 Å². The summed E-state index contributed by atoms with van der Waals surface area (Å²) in [6.45, 7) is 2.72. The number of aromatic nitrogens is 1. The molecule has 6 nitrogen and oxygen atoms in total. The van der Waals surface area contributed by atoms with Gasteiger partial charge in [0.15, 0.2) is 5.13 Å². The van der Waals surface area contributed by atoms with Gasteiger partial charge in [0.25, 0.3) is 5.91 Å². The topological polar surface area (TPSA) is 75.6 Å². The summed E-state index contributed by atoms with van der Waals surface area (Å²) in [7, 11) is 0. The number of carbonyl (C=O) groups excluding carboxylic acids is 1. The van der Waals surface area contributed by atoms with Crippen molar-refractivity contribution in [2.75, 3.05) is 11.9 Å². The molecule has 0 saturated carbocycles. The number of benzene rings is 3.